The van der Waals surface area contributed by atoms with Crippen LogP contribution in [0, 0.1) is 0 Å². The highest BCUT2D eigenvalue weighted by molar-refractivity contribution is 6.22. The van der Waals surface area contributed by atoms with Crippen molar-refractivity contribution >= 4 is 11.6 Å². The molecule has 20 heavy (non-hydrogen) atoms. The van der Waals surface area contributed by atoms with E-state index in [2.05, 4.69) is 0 Å². The second kappa shape index (κ2) is 5.88. The van der Waals surface area contributed by atoms with Gasteiger partial charge in [0.25, 0.3) is 0 Å². The molecule has 4 heteroatoms. The maximum atomic E-state index is 12.7. The molecule has 0 aliphatic rings. The molecule has 0 saturated heterocycles. The predicted octanol–water partition coefficient (Wildman–Crippen LogP) is 5.60. The molecular weight excluding hydrogens is 285 g/mol. The van der Waals surface area contributed by atoms with Gasteiger partial charge in [-0.25, -0.2) is 0 Å². The first-order valence-corrected chi connectivity index (χ1v) is 6.75. The van der Waals surface area contributed by atoms with Gasteiger partial charge in [0.1, 0.15) is 0 Å². The lowest BCUT2D eigenvalue weighted by Gasteiger charge is -2.13. The number of rotatable bonds is 3. The van der Waals surface area contributed by atoms with Gasteiger partial charge in [-0.3, -0.25) is 0 Å². The van der Waals surface area contributed by atoms with E-state index in [0.29, 0.717) is 5.56 Å². The topological polar surface area (TPSA) is 0 Å². The molecule has 2 aromatic rings. The van der Waals surface area contributed by atoms with E-state index >= 15 is 0 Å². The summed E-state index contributed by atoms with van der Waals surface area (Å²) in [5.74, 6) is 0. The van der Waals surface area contributed by atoms with Crippen molar-refractivity contribution < 1.29 is 13.2 Å². The van der Waals surface area contributed by atoms with Crippen LogP contribution in [0.15, 0.2) is 48.5 Å². The summed E-state index contributed by atoms with van der Waals surface area (Å²) in [5.41, 5.74) is 1.74. The van der Waals surface area contributed by atoms with E-state index in [4.69, 9.17) is 11.6 Å². The summed E-state index contributed by atoms with van der Waals surface area (Å²) >= 11 is 6.28. The molecule has 0 fully saturated rings. The number of alkyl halides is 4. The van der Waals surface area contributed by atoms with Crippen LogP contribution in [0.3, 0.4) is 0 Å². The van der Waals surface area contributed by atoms with Crippen LogP contribution in [0.25, 0.3) is 0 Å². The van der Waals surface area contributed by atoms with E-state index in [1.54, 1.807) is 6.07 Å². The van der Waals surface area contributed by atoms with Gasteiger partial charge in [-0.05, 0) is 35.2 Å². The first-order chi connectivity index (χ1) is 9.41. The molecule has 0 bridgehead atoms. The molecule has 0 aliphatic carbocycles. The Balaban J connectivity index is 2.30. The number of benzene rings is 2. The Morgan fingerprint density at radius 3 is 2.20 bits per heavy atom. The van der Waals surface area contributed by atoms with Crippen LogP contribution < -0.4 is 0 Å². The van der Waals surface area contributed by atoms with E-state index < -0.39 is 17.1 Å². The third-order valence-corrected chi connectivity index (χ3v) is 3.69. The largest absolute Gasteiger partial charge is 0.416 e. The zero-order valence-corrected chi connectivity index (χ0v) is 11.7. The summed E-state index contributed by atoms with van der Waals surface area (Å²) in [4.78, 5) is 0. The van der Waals surface area contributed by atoms with Crippen molar-refractivity contribution in [2.75, 3.05) is 0 Å². The van der Waals surface area contributed by atoms with Gasteiger partial charge in [0.2, 0.25) is 0 Å². The smallest absolute Gasteiger partial charge is 0.166 e. The molecule has 0 N–H and O–H groups in total. The van der Waals surface area contributed by atoms with Crippen molar-refractivity contribution in [2.45, 2.75) is 24.9 Å². The van der Waals surface area contributed by atoms with Crippen LogP contribution in [-0.4, -0.2) is 0 Å². The quantitative estimate of drug-likeness (QED) is 0.647. The minimum absolute atomic E-state index is 0.450. The molecule has 0 saturated carbocycles. The molecule has 0 heterocycles. The van der Waals surface area contributed by atoms with Crippen molar-refractivity contribution in [1.82, 2.24) is 0 Å². The van der Waals surface area contributed by atoms with Crippen molar-refractivity contribution in [3.05, 3.63) is 70.8 Å². The molecular formula is C16H14ClF3. The fourth-order valence-corrected chi connectivity index (χ4v) is 2.27. The van der Waals surface area contributed by atoms with Gasteiger partial charge in [0, 0.05) is 0 Å². The Morgan fingerprint density at radius 1 is 1.00 bits per heavy atom. The third kappa shape index (κ3) is 3.34. The number of aryl methyl sites for hydroxylation is 1. The standard InChI is InChI=1S/C16H14ClF3/c1-2-11-6-8-12(9-7-11)15(17)13-4-3-5-14(10-13)16(18,19)20/h3-10,15H,2H2,1H3. The molecule has 2 rings (SSSR count). The van der Waals surface area contributed by atoms with Gasteiger partial charge in [0.15, 0.2) is 0 Å². The van der Waals surface area contributed by atoms with Crippen LogP contribution in [0.4, 0.5) is 13.2 Å². The minimum Gasteiger partial charge on any atom is -0.166 e. The van der Waals surface area contributed by atoms with Gasteiger partial charge in [0.05, 0.1) is 10.9 Å². The predicted molar refractivity (Wildman–Crippen MR) is 75.0 cm³/mol. The van der Waals surface area contributed by atoms with E-state index in [-0.39, 0.29) is 0 Å². The zero-order valence-electron chi connectivity index (χ0n) is 10.9. The monoisotopic (exact) mass is 298 g/mol. The SMILES string of the molecule is CCc1ccc(C(Cl)c2cccc(C(F)(F)F)c2)cc1. The zero-order chi connectivity index (χ0) is 14.8. The van der Waals surface area contributed by atoms with Crippen LogP contribution in [0.5, 0.6) is 0 Å². The summed E-state index contributed by atoms with van der Waals surface area (Å²) in [6.45, 7) is 2.04. The molecule has 0 aliphatic heterocycles. The van der Waals surface area contributed by atoms with E-state index in [1.807, 2.05) is 31.2 Å². The maximum Gasteiger partial charge on any atom is 0.416 e. The second-order valence-electron chi connectivity index (χ2n) is 4.58. The van der Waals surface area contributed by atoms with Gasteiger partial charge in [-0.1, -0.05) is 43.3 Å². The third-order valence-electron chi connectivity index (χ3n) is 3.19. The van der Waals surface area contributed by atoms with Gasteiger partial charge in [-0.2, -0.15) is 13.2 Å². The fraction of sp³-hybridized carbons (Fsp3) is 0.250. The van der Waals surface area contributed by atoms with Crippen LogP contribution in [-0.2, 0) is 12.6 Å². The highest BCUT2D eigenvalue weighted by atomic mass is 35.5. The summed E-state index contributed by atoms with van der Waals surface area (Å²) in [6.07, 6.45) is -3.44. The van der Waals surface area contributed by atoms with Crippen LogP contribution >= 0.6 is 11.6 Å². The lowest BCUT2D eigenvalue weighted by molar-refractivity contribution is -0.137. The average Bonchev–Trinajstić information content (AvgIpc) is 2.46. The first-order valence-electron chi connectivity index (χ1n) is 6.32. The van der Waals surface area contributed by atoms with E-state index in [9.17, 15) is 13.2 Å². The molecule has 0 aromatic heterocycles. The van der Waals surface area contributed by atoms with Crippen LogP contribution in [0.2, 0.25) is 0 Å². The van der Waals surface area contributed by atoms with Crippen molar-refractivity contribution in [3.63, 3.8) is 0 Å². The summed E-state index contributed by atoms with van der Waals surface area (Å²) < 4.78 is 38.1. The molecule has 0 amide bonds. The molecule has 0 nitrogen and oxygen atoms in total. The average molecular weight is 299 g/mol. The van der Waals surface area contributed by atoms with Crippen LogP contribution in [0.1, 0.15) is 34.6 Å². The maximum absolute atomic E-state index is 12.7. The minimum atomic E-state index is -4.35. The lowest BCUT2D eigenvalue weighted by Crippen LogP contribution is -2.06. The van der Waals surface area contributed by atoms with Crippen molar-refractivity contribution in [1.29, 1.82) is 0 Å². The van der Waals surface area contributed by atoms with Crippen molar-refractivity contribution in [3.8, 4) is 0 Å². The Bertz CT molecular complexity index is 573. The molecule has 0 radical (unpaired) electrons. The Labute approximate surface area is 121 Å². The van der Waals surface area contributed by atoms with Gasteiger partial charge < -0.3 is 0 Å². The summed E-state index contributed by atoms with van der Waals surface area (Å²) in [6, 6.07) is 12.7. The molecule has 106 valence electrons. The highest BCUT2D eigenvalue weighted by Gasteiger charge is 2.30. The van der Waals surface area contributed by atoms with Gasteiger partial charge >= 0.3 is 6.18 Å². The molecule has 2 aromatic carbocycles. The lowest BCUT2D eigenvalue weighted by atomic mass is 10.0. The fourth-order valence-electron chi connectivity index (χ4n) is 1.99. The second-order valence-corrected chi connectivity index (χ2v) is 5.02. The van der Waals surface area contributed by atoms with Crippen molar-refractivity contribution in [2.24, 2.45) is 0 Å². The summed E-state index contributed by atoms with van der Waals surface area (Å²) in [5, 5.41) is -0.580. The van der Waals surface area contributed by atoms with E-state index in [1.165, 1.54) is 11.6 Å². The molecule has 1 unspecified atom stereocenters. The Hall–Kier alpha value is -1.48. The van der Waals surface area contributed by atoms with Gasteiger partial charge in [-0.15, -0.1) is 11.6 Å². The first kappa shape index (κ1) is 14.9. The van der Waals surface area contributed by atoms with E-state index in [0.717, 1.165) is 24.1 Å². The normalized spacial score (nSPS) is 13.2. The summed E-state index contributed by atoms with van der Waals surface area (Å²) in [7, 11) is 0. The number of hydrogen-bond donors (Lipinski definition) is 0. The highest BCUT2D eigenvalue weighted by Crippen LogP contribution is 2.34. The number of hydrogen-bond acceptors (Lipinski definition) is 0. The Morgan fingerprint density at radius 2 is 1.65 bits per heavy atom. The molecule has 1 atom stereocenters. The number of halogens is 4. The Kier molecular flexibility index (Phi) is 4.39. The molecule has 0 spiro atoms.